The van der Waals surface area contributed by atoms with Crippen LogP contribution < -0.4 is 0 Å². The SMILES string of the molecule is COCCC(O)Cc1csc(C)n1. The number of aryl methyl sites for hydroxylation is 1. The predicted molar refractivity (Wildman–Crippen MR) is 53.1 cm³/mol. The molecular formula is C9H15NO2S. The standard InChI is InChI=1S/C9H15NO2S/c1-7-10-8(6-13-7)5-9(11)3-4-12-2/h6,9,11H,3-5H2,1-2H3. The van der Waals surface area contributed by atoms with Crippen LogP contribution in [0.4, 0.5) is 0 Å². The first kappa shape index (κ1) is 10.6. The summed E-state index contributed by atoms with van der Waals surface area (Å²) < 4.78 is 4.88. The topological polar surface area (TPSA) is 42.4 Å². The highest BCUT2D eigenvalue weighted by atomic mass is 32.1. The fraction of sp³-hybridized carbons (Fsp3) is 0.667. The minimum absolute atomic E-state index is 0.332. The van der Waals surface area contributed by atoms with Crippen LogP contribution in [0.25, 0.3) is 0 Å². The van der Waals surface area contributed by atoms with E-state index in [4.69, 9.17) is 4.74 Å². The molecule has 0 aliphatic rings. The van der Waals surface area contributed by atoms with Crippen molar-refractivity contribution in [2.75, 3.05) is 13.7 Å². The highest BCUT2D eigenvalue weighted by Gasteiger charge is 2.07. The summed E-state index contributed by atoms with van der Waals surface area (Å²) in [6, 6.07) is 0. The summed E-state index contributed by atoms with van der Waals surface area (Å²) in [5, 5.41) is 12.6. The molecule has 0 radical (unpaired) electrons. The number of thiazole rings is 1. The van der Waals surface area contributed by atoms with E-state index in [1.807, 2.05) is 12.3 Å². The molecule has 1 aromatic rings. The Morgan fingerprint density at radius 3 is 3.00 bits per heavy atom. The number of aliphatic hydroxyl groups excluding tert-OH is 1. The van der Waals surface area contributed by atoms with Gasteiger partial charge in [0, 0.05) is 25.5 Å². The number of rotatable bonds is 5. The van der Waals surface area contributed by atoms with Gasteiger partial charge in [-0.05, 0) is 13.3 Å². The Morgan fingerprint density at radius 2 is 2.46 bits per heavy atom. The van der Waals surface area contributed by atoms with Gasteiger partial charge in [-0.15, -0.1) is 11.3 Å². The van der Waals surface area contributed by atoms with Crippen LogP contribution in [0, 0.1) is 6.92 Å². The molecule has 3 nitrogen and oxygen atoms in total. The normalized spacial score (nSPS) is 13.2. The molecule has 1 aromatic heterocycles. The quantitative estimate of drug-likeness (QED) is 0.783. The zero-order valence-electron chi connectivity index (χ0n) is 7.99. The maximum absolute atomic E-state index is 9.53. The molecule has 1 N–H and O–H groups in total. The molecule has 74 valence electrons. The maximum Gasteiger partial charge on any atom is 0.0897 e. The number of hydrogen-bond acceptors (Lipinski definition) is 4. The van der Waals surface area contributed by atoms with Crippen molar-refractivity contribution in [1.82, 2.24) is 4.98 Å². The molecule has 0 fully saturated rings. The molecule has 1 rings (SSSR count). The second-order valence-electron chi connectivity index (χ2n) is 3.00. The molecule has 0 saturated heterocycles. The lowest BCUT2D eigenvalue weighted by Gasteiger charge is -2.07. The largest absolute Gasteiger partial charge is 0.393 e. The van der Waals surface area contributed by atoms with Crippen LogP contribution in [0.5, 0.6) is 0 Å². The van der Waals surface area contributed by atoms with Crippen molar-refractivity contribution in [2.24, 2.45) is 0 Å². The van der Waals surface area contributed by atoms with Gasteiger partial charge in [-0.1, -0.05) is 0 Å². The van der Waals surface area contributed by atoms with Gasteiger partial charge in [-0.25, -0.2) is 4.98 Å². The summed E-state index contributed by atoms with van der Waals surface area (Å²) in [7, 11) is 1.64. The second-order valence-corrected chi connectivity index (χ2v) is 4.06. The molecule has 0 aromatic carbocycles. The Balaban J connectivity index is 2.31. The molecule has 0 spiro atoms. The van der Waals surface area contributed by atoms with E-state index < -0.39 is 0 Å². The Morgan fingerprint density at radius 1 is 1.69 bits per heavy atom. The Bertz CT molecular complexity index is 250. The molecule has 1 unspecified atom stereocenters. The number of hydrogen-bond donors (Lipinski definition) is 1. The van der Waals surface area contributed by atoms with Crippen LogP contribution >= 0.6 is 11.3 Å². The van der Waals surface area contributed by atoms with E-state index in [9.17, 15) is 5.11 Å². The van der Waals surface area contributed by atoms with Crippen molar-refractivity contribution < 1.29 is 9.84 Å². The van der Waals surface area contributed by atoms with Gasteiger partial charge in [0.05, 0.1) is 16.8 Å². The van der Waals surface area contributed by atoms with Crippen LogP contribution in [-0.2, 0) is 11.2 Å². The van der Waals surface area contributed by atoms with E-state index >= 15 is 0 Å². The smallest absolute Gasteiger partial charge is 0.0897 e. The molecule has 1 atom stereocenters. The third-order valence-electron chi connectivity index (χ3n) is 1.77. The summed E-state index contributed by atoms with van der Waals surface area (Å²) >= 11 is 1.62. The number of aromatic nitrogens is 1. The van der Waals surface area contributed by atoms with Gasteiger partial charge in [0.15, 0.2) is 0 Å². The monoisotopic (exact) mass is 201 g/mol. The number of nitrogens with zero attached hydrogens (tertiary/aromatic N) is 1. The molecule has 0 saturated carbocycles. The lowest BCUT2D eigenvalue weighted by atomic mass is 10.1. The van der Waals surface area contributed by atoms with Gasteiger partial charge in [0.2, 0.25) is 0 Å². The van der Waals surface area contributed by atoms with Gasteiger partial charge < -0.3 is 9.84 Å². The first-order chi connectivity index (χ1) is 6.22. The van der Waals surface area contributed by atoms with Crippen LogP contribution in [0.3, 0.4) is 0 Å². The Kier molecular flexibility index (Phi) is 4.35. The van der Waals surface area contributed by atoms with Crippen molar-refractivity contribution in [3.05, 3.63) is 16.1 Å². The highest BCUT2D eigenvalue weighted by molar-refractivity contribution is 7.09. The van der Waals surface area contributed by atoms with E-state index in [2.05, 4.69) is 4.98 Å². The fourth-order valence-electron chi connectivity index (χ4n) is 1.10. The number of aliphatic hydroxyl groups is 1. The first-order valence-electron chi connectivity index (χ1n) is 4.30. The molecule has 13 heavy (non-hydrogen) atoms. The molecule has 0 bridgehead atoms. The van der Waals surface area contributed by atoms with Gasteiger partial charge in [-0.2, -0.15) is 0 Å². The third-order valence-corrected chi connectivity index (χ3v) is 2.59. The summed E-state index contributed by atoms with van der Waals surface area (Å²) in [5.74, 6) is 0. The lowest BCUT2D eigenvalue weighted by Crippen LogP contribution is -2.13. The second kappa shape index (κ2) is 5.32. The van der Waals surface area contributed by atoms with Crippen molar-refractivity contribution in [2.45, 2.75) is 25.9 Å². The average molecular weight is 201 g/mol. The van der Waals surface area contributed by atoms with Crippen LogP contribution in [0.15, 0.2) is 5.38 Å². The molecule has 0 aliphatic heterocycles. The van der Waals surface area contributed by atoms with Gasteiger partial charge in [0.25, 0.3) is 0 Å². The minimum Gasteiger partial charge on any atom is -0.393 e. The Hall–Kier alpha value is -0.450. The van der Waals surface area contributed by atoms with Crippen LogP contribution in [0.2, 0.25) is 0 Å². The summed E-state index contributed by atoms with van der Waals surface area (Å²) in [6.45, 7) is 2.57. The fourth-order valence-corrected chi connectivity index (χ4v) is 1.72. The van der Waals surface area contributed by atoms with E-state index in [0.717, 1.165) is 10.7 Å². The van der Waals surface area contributed by atoms with E-state index in [0.29, 0.717) is 19.4 Å². The van der Waals surface area contributed by atoms with E-state index in [1.165, 1.54) is 0 Å². The van der Waals surface area contributed by atoms with Crippen molar-refractivity contribution in [3.63, 3.8) is 0 Å². The van der Waals surface area contributed by atoms with Crippen molar-refractivity contribution >= 4 is 11.3 Å². The highest BCUT2D eigenvalue weighted by Crippen LogP contribution is 2.10. The first-order valence-corrected chi connectivity index (χ1v) is 5.18. The average Bonchev–Trinajstić information content (AvgIpc) is 2.48. The van der Waals surface area contributed by atoms with Crippen molar-refractivity contribution in [3.8, 4) is 0 Å². The number of ether oxygens (including phenoxy) is 1. The maximum atomic E-state index is 9.53. The molecule has 0 amide bonds. The zero-order valence-corrected chi connectivity index (χ0v) is 8.80. The summed E-state index contributed by atoms with van der Waals surface area (Å²) in [5.41, 5.74) is 0.978. The number of methoxy groups -OCH3 is 1. The predicted octanol–water partition coefficient (Wildman–Crippen LogP) is 1.39. The van der Waals surface area contributed by atoms with Crippen LogP contribution in [-0.4, -0.2) is 29.9 Å². The van der Waals surface area contributed by atoms with Gasteiger partial charge >= 0.3 is 0 Å². The Labute approximate surface area is 82.4 Å². The summed E-state index contributed by atoms with van der Waals surface area (Å²) in [6.07, 6.45) is 0.974. The van der Waals surface area contributed by atoms with Crippen LogP contribution in [0.1, 0.15) is 17.1 Å². The lowest BCUT2D eigenvalue weighted by molar-refractivity contribution is 0.109. The van der Waals surface area contributed by atoms with Gasteiger partial charge in [-0.3, -0.25) is 0 Å². The third kappa shape index (κ3) is 3.85. The van der Waals surface area contributed by atoms with Gasteiger partial charge in [0.1, 0.15) is 0 Å². The molecule has 0 aliphatic carbocycles. The zero-order chi connectivity index (χ0) is 9.68. The summed E-state index contributed by atoms with van der Waals surface area (Å²) in [4.78, 5) is 4.28. The molecule has 1 heterocycles. The molecule has 4 heteroatoms. The minimum atomic E-state index is -0.332. The van der Waals surface area contributed by atoms with Crippen molar-refractivity contribution in [1.29, 1.82) is 0 Å². The van der Waals surface area contributed by atoms with E-state index in [-0.39, 0.29) is 6.10 Å². The van der Waals surface area contributed by atoms with E-state index in [1.54, 1.807) is 18.4 Å². The molecular weight excluding hydrogens is 186 g/mol.